The molecule has 23 heavy (non-hydrogen) atoms. The van der Waals surface area contributed by atoms with Crippen LogP contribution in [0, 0.1) is 0 Å². The lowest BCUT2D eigenvalue weighted by Gasteiger charge is -2.20. The first-order chi connectivity index (χ1) is 11.1. The van der Waals surface area contributed by atoms with Crippen molar-refractivity contribution in [2.75, 3.05) is 14.2 Å². The molecule has 1 N–H and O–H groups in total. The van der Waals surface area contributed by atoms with E-state index in [2.05, 4.69) is 40.0 Å². The summed E-state index contributed by atoms with van der Waals surface area (Å²) in [7, 11) is 3.76. The zero-order valence-electron chi connectivity index (χ0n) is 13.6. The van der Waals surface area contributed by atoms with Crippen LogP contribution in [0.4, 0.5) is 0 Å². The summed E-state index contributed by atoms with van der Waals surface area (Å²) < 4.78 is 6.48. The van der Waals surface area contributed by atoms with Crippen LogP contribution in [0.5, 0.6) is 11.5 Å². The zero-order chi connectivity index (χ0) is 16.4. The number of aromatic hydroxyl groups is 1. The average molecular weight is 376 g/mol. The summed E-state index contributed by atoms with van der Waals surface area (Å²) in [6.45, 7) is 1.48. The third kappa shape index (κ3) is 3.70. The molecule has 2 aromatic rings. The predicted molar refractivity (Wildman–Crippen MR) is 96.0 cm³/mol. The fourth-order valence-electron chi connectivity index (χ4n) is 3.30. The topological polar surface area (TPSA) is 32.7 Å². The normalized spacial score (nSPS) is 13.4. The smallest absolute Gasteiger partial charge is 0.123 e. The predicted octanol–water partition coefficient (Wildman–Crippen LogP) is 4.28. The Labute approximate surface area is 146 Å². The quantitative estimate of drug-likeness (QED) is 0.845. The summed E-state index contributed by atoms with van der Waals surface area (Å²) in [5, 5.41) is 10.3. The number of hydrogen-bond donors (Lipinski definition) is 1. The highest BCUT2D eigenvalue weighted by Crippen LogP contribution is 2.30. The molecule has 0 saturated heterocycles. The standard InChI is InChI=1S/C19H22BrNO2/c1-21(12-16-9-17(20)6-7-19(16)23-2)11-15-8-13-4-3-5-14(13)10-18(15)22/h6-10,22H,3-5,11-12H2,1-2H3. The van der Waals surface area contributed by atoms with Crippen LogP contribution in [0.25, 0.3) is 0 Å². The fourth-order valence-corrected chi connectivity index (χ4v) is 3.71. The van der Waals surface area contributed by atoms with Crippen molar-refractivity contribution in [3.05, 3.63) is 57.1 Å². The number of hydrogen-bond acceptors (Lipinski definition) is 3. The third-order valence-corrected chi connectivity index (χ3v) is 4.91. The van der Waals surface area contributed by atoms with E-state index in [9.17, 15) is 5.11 Å². The Morgan fingerprint density at radius 1 is 1.09 bits per heavy atom. The lowest BCUT2D eigenvalue weighted by atomic mass is 10.0. The minimum absolute atomic E-state index is 0.415. The largest absolute Gasteiger partial charge is 0.508 e. The number of nitrogens with zero attached hydrogens (tertiary/aromatic N) is 1. The van der Waals surface area contributed by atoms with E-state index in [0.717, 1.165) is 47.3 Å². The second kappa shape index (κ2) is 6.93. The first kappa shape index (κ1) is 16.3. The number of phenolic OH excluding ortho intramolecular Hbond substituents is 1. The van der Waals surface area contributed by atoms with Gasteiger partial charge in [-0.05, 0) is 61.7 Å². The molecule has 0 saturated carbocycles. The van der Waals surface area contributed by atoms with Gasteiger partial charge in [-0.25, -0.2) is 0 Å². The van der Waals surface area contributed by atoms with Crippen molar-refractivity contribution >= 4 is 15.9 Å². The van der Waals surface area contributed by atoms with Gasteiger partial charge in [0.05, 0.1) is 7.11 Å². The Hall–Kier alpha value is -1.52. The summed E-state index contributed by atoms with van der Waals surface area (Å²) in [6, 6.07) is 10.2. The van der Waals surface area contributed by atoms with Crippen molar-refractivity contribution in [3.8, 4) is 11.5 Å². The van der Waals surface area contributed by atoms with Crippen molar-refractivity contribution in [1.82, 2.24) is 4.90 Å². The minimum Gasteiger partial charge on any atom is -0.508 e. The van der Waals surface area contributed by atoms with E-state index in [-0.39, 0.29) is 0 Å². The number of benzene rings is 2. The molecule has 2 aromatic carbocycles. The van der Waals surface area contributed by atoms with Gasteiger partial charge in [0.15, 0.2) is 0 Å². The van der Waals surface area contributed by atoms with Gasteiger partial charge in [0.25, 0.3) is 0 Å². The van der Waals surface area contributed by atoms with Crippen LogP contribution in [0.2, 0.25) is 0 Å². The number of methoxy groups -OCH3 is 1. The Morgan fingerprint density at radius 2 is 1.78 bits per heavy atom. The molecule has 0 amide bonds. The molecule has 0 unspecified atom stereocenters. The molecule has 3 rings (SSSR count). The van der Waals surface area contributed by atoms with Crippen LogP contribution in [-0.2, 0) is 25.9 Å². The van der Waals surface area contributed by atoms with Crippen LogP contribution >= 0.6 is 15.9 Å². The summed E-state index contributed by atoms with van der Waals surface area (Å²) in [5.74, 6) is 1.30. The van der Waals surface area contributed by atoms with Crippen molar-refractivity contribution in [1.29, 1.82) is 0 Å². The van der Waals surface area contributed by atoms with Gasteiger partial charge in [0, 0.05) is 28.7 Å². The number of halogens is 1. The molecule has 0 aromatic heterocycles. The SMILES string of the molecule is COc1ccc(Br)cc1CN(C)Cc1cc2c(cc1O)CCC2. The van der Waals surface area contributed by atoms with E-state index < -0.39 is 0 Å². The maximum absolute atomic E-state index is 10.3. The monoisotopic (exact) mass is 375 g/mol. The van der Waals surface area contributed by atoms with Gasteiger partial charge >= 0.3 is 0 Å². The van der Waals surface area contributed by atoms with Crippen LogP contribution in [0.15, 0.2) is 34.8 Å². The van der Waals surface area contributed by atoms with Gasteiger partial charge in [0.2, 0.25) is 0 Å². The van der Waals surface area contributed by atoms with Gasteiger partial charge in [-0.2, -0.15) is 0 Å². The summed E-state index contributed by atoms with van der Waals surface area (Å²) in [5.41, 5.74) is 4.83. The maximum Gasteiger partial charge on any atom is 0.123 e. The Bertz CT molecular complexity index is 715. The van der Waals surface area contributed by atoms with Crippen LogP contribution in [0.1, 0.15) is 28.7 Å². The number of ether oxygens (including phenoxy) is 1. The second-order valence-electron chi connectivity index (χ2n) is 6.23. The van der Waals surface area contributed by atoms with Crippen molar-refractivity contribution in [2.45, 2.75) is 32.4 Å². The summed E-state index contributed by atoms with van der Waals surface area (Å²) in [4.78, 5) is 2.20. The zero-order valence-corrected chi connectivity index (χ0v) is 15.2. The summed E-state index contributed by atoms with van der Waals surface area (Å²) >= 11 is 3.51. The highest BCUT2D eigenvalue weighted by atomic mass is 79.9. The van der Waals surface area contributed by atoms with Crippen LogP contribution in [0.3, 0.4) is 0 Å². The van der Waals surface area contributed by atoms with Crippen LogP contribution < -0.4 is 4.74 Å². The van der Waals surface area contributed by atoms with Crippen molar-refractivity contribution in [3.63, 3.8) is 0 Å². The van der Waals surface area contributed by atoms with E-state index in [0.29, 0.717) is 5.75 Å². The number of fused-ring (bicyclic) bond motifs is 1. The Balaban J connectivity index is 1.75. The fraction of sp³-hybridized carbons (Fsp3) is 0.368. The number of rotatable bonds is 5. The van der Waals surface area contributed by atoms with Crippen molar-refractivity contribution in [2.24, 2.45) is 0 Å². The molecule has 122 valence electrons. The molecule has 3 nitrogen and oxygen atoms in total. The molecule has 1 aliphatic rings. The molecule has 0 aliphatic heterocycles. The van der Waals surface area contributed by atoms with E-state index in [1.807, 2.05) is 18.2 Å². The Kier molecular flexibility index (Phi) is 4.93. The molecule has 0 radical (unpaired) electrons. The molecule has 0 spiro atoms. The van der Waals surface area contributed by atoms with Gasteiger partial charge in [-0.1, -0.05) is 22.0 Å². The molecule has 0 bridgehead atoms. The highest BCUT2D eigenvalue weighted by Gasteiger charge is 2.16. The molecular weight excluding hydrogens is 354 g/mol. The molecule has 0 heterocycles. The Morgan fingerprint density at radius 3 is 2.52 bits per heavy atom. The van der Waals surface area contributed by atoms with E-state index in [1.165, 1.54) is 17.5 Å². The van der Waals surface area contributed by atoms with Gasteiger partial charge in [-0.15, -0.1) is 0 Å². The van der Waals surface area contributed by atoms with Crippen LogP contribution in [-0.4, -0.2) is 24.2 Å². The molecular formula is C19H22BrNO2. The minimum atomic E-state index is 0.415. The molecule has 4 heteroatoms. The number of aryl methyl sites for hydroxylation is 2. The second-order valence-corrected chi connectivity index (χ2v) is 7.15. The number of phenols is 1. The van der Waals surface area contributed by atoms with Gasteiger partial charge in [-0.3, -0.25) is 4.90 Å². The van der Waals surface area contributed by atoms with E-state index in [1.54, 1.807) is 7.11 Å². The van der Waals surface area contributed by atoms with Crippen molar-refractivity contribution < 1.29 is 9.84 Å². The van der Waals surface area contributed by atoms with Gasteiger partial charge < -0.3 is 9.84 Å². The van der Waals surface area contributed by atoms with E-state index >= 15 is 0 Å². The lowest BCUT2D eigenvalue weighted by Crippen LogP contribution is -2.18. The maximum atomic E-state index is 10.3. The molecule has 0 fully saturated rings. The first-order valence-electron chi connectivity index (χ1n) is 7.91. The molecule has 1 aliphatic carbocycles. The van der Waals surface area contributed by atoms with E-state index in [4.69, 9.17) is 4.74 Å². The highest BCUT2D eigenvalue weighted by molar-refractivity contribution is 9.10. The summed E-state index contributed by atoms with van der Waals surface area (Å²) in [6.07, 6.45) is 3.42. The van der Waals surface area contributed by atoms with Gasteiger partial charge in [0.1, 0.15) is 11.5 Å². The molecule has 0 atom stereocenters. The third-order valence-electron chi connectivity index (χ3n) is 4.42. The lowest BCUT2D eigenvalue weighted by molar-refractivity contribution is 0.304. The average Bonchev–Trinajstić information content (AvgIpc) is 2.95. The first-order valence-corrected chi connectivity index (χ1v) is 8.70.